The van der Waals surface area contributed by atoms with Gasteiger partial charge in [-0.25, -0.2) is 0 Å². The van der Waals surface area contributed by atoms with Gasteiger partial charge in [-0.3, -0.25) is 0 Å². The summed E-state index contributed by atoms with van der Waals surface area (Å²) in [7, 11) is 0. The van der Waals surface area contributed by atoms with Crippen LogP contribution >= 0.6 is 12.4 Å². The van der Waals surface area contributed by atoms with Gasteiger partial charge in [-0.1, -0.05) is 12.2 Å². The van der Waals surface area contributed by atoms with E-state index >= 15 is 0 Å². The van der Waals surface area contributed by atoms with E-state index in [0.29, 0.717) is 6.61 Å². The van der Waals surface area contributed by atoms with Gasteiger partial charge >= 0.3 is 0 Å². The van der Waals surface area contributed by atoms with Crippen LogP contribution in [0.4, 0.5) is 0 Å². The molecule has 0 amide bonds. The molecule has 1 aliphatic rings. The van der Waals surface area contributed by atoms with Gasteiger partial charge in [0, 0.05) is 6.04 Å². The van der Waals surface area contributed by atoms with Crippen molar-refractivity contribution in [2.24, 2.45) is 5.73 Å². The van der Waals surface area contributed by atoms with Crippen LogP contribution in [0.25, 0.3) is 0 Å². The van der Waals surface area contributed by atoms with Gasteiger partial charge in [-0.15, -0.1) is 12.4 Å². The minimum atomic E-state index is -0.371. The quantitative estimate of drug-likeness (QED) is 0.434. The highest BCUT2D eigenvalue weighted by Gasteiger charge is 2.10. The number of rotatable bonds is 1. The molecule has 0 aromatic heterocycles. The van der Waals surface area contributed by atoms with E-state index in [-0.39, 0.29) is 24.6 Å². The number of aldehydes is 1. The maximum absolute atomic E-state index is 10.0. The lowest BCUT2D eigenvalue weighted by Crippen LogP contribution is -2.31. The van der Waals surface area contributed by atoms with Crippen LogP contribution in [-0.4, -0.2) is 25.0 Å². The largest absolute Gasteiger partial charge is 0.365 e. The van der Waals surface area contributed by atoms with Crippen molar-refractivity contribution < 1.29 is 9.53 Å². The second-order valence-electron chi connectivity index (χ2n) is 1.98. The van der Waals surface area contributed by atoms with E-state index in [2.05, 4.69) is 0 Å². The van der Waals surface area contributed by atoms with E-state index in [1.165, 1.54) is 0 Å². The third-order valence-corrected chi connectivity index (χ3v) is 1.16. The molecule has 0 aromatic rings. The summed E-state index contributed by atoms with van der Waals surface area (Å²) in [6, 6.07) is -0.0406. The van der Waals surface area contributed by atoms with Crippen LogP contribution in [0.2, 0.25) is 0 Å². The molecule has 1 heterocycles. The monoisotopic (exact) mass is 163 g/mol. The fraction of sp³-hybridized carbons (Fsp3) is 0.500. The molecule has 58 valence electrons. The minimum Gasteiger partial charge on any atom is -0.365 e. The van der Waals surface area contributed by atoms with Gasteiger partial charge in [0.15, 0.2) is 6.29 Å². The number of ether oxygens (including phenoxy) is 1. The Balaban J connectivity index is 0.000000810. The molecular weight excluding hydrogens is 154 g/mol. The molecule has 10 heavy (non-hydrogen) atoms. The second-order valence-corrected chi connectivity index (χ2v) is 1.98. The number of carbonyl (C=O) groups excluding carboxylic acids is 1. The Bertz CT molecular complexity index is 138. The van der Waals surface area contributed by atoms with Crippen LogP contribution < -0.4 is 5.73 Å². The van der Waals surface area contributed by atoms with Crippen molar-refractivity contribution in [3.05, 3.63) is 12.2 Å². The second kappa shape index (κ2) is 4.44. The van der Waals surface area contributed by atoms with Crippen molar-refractivity contribution in [2.45, 2.75) is 12.1 Å². The molecule has 2 atom stereocenters. The van der Waals surface area contributed by atoms with Gasteiger partial charge < -0.3 is 15.3 Å². The normalized spacial score (nSPS) is 30.9. The van der Waals surface area contributed by atoms with E-state index in [4.69, 9.17) is 10.5 Å². The van der Waals surface area contributed by atoms with E-state index in [0.717, 1.165) is 6.29 Å². The number of halogens is 1. The van der Waals surface area contributed by atoms with Crippen molar-refractivity contribution in [2.75, 3.05) is 6.61 Å². The molecule has 0 spiro atoms. The molecule has 0 unspecified atom stereocenters. The van der Waals surface area contributed by atoms with E-state index in [1.54, 1.807) is 12.2 Å². The summed E-state index contributed by atoms with van der Waals surface area (Å²) in [5.74, 6) is 0. The fourth-order valence-electron chi connectivity index (χ4n) is 0.670. The van der Waals surface area contributed by atoms with Gasteiger partial charge in [0.05, 0.1) is 6.61 Å². The lowest BCUT2D eigenvalue weighted by Gasteiger charge is -2.16. The van der Waals surface area contributed by atoms with E-state index in [9.17, 15) is 4.79 Å². The summed E-state index contributed by atoms with van der Waals surface area (Å²) in [5, 5.41) is 0. The fourth-order valence-corrected chi connectivity index (χ4v) is 0.670. The van der Waals surface area contributed by atoms with Gasteiger partial charge in [0.1, 0.15) is 6.10 Å². The maximum Gasteiger partial charge on any atom is 0.152 e. The first-order chi connectivity index (χ1) is 4.33. The molecule has 2 N–H and O–H groups in total. The average Bonchev–Trinajstić information content (AvgIpc) is 1.90. The molecular formula is C6H10ClNO2. The predicted octanol–water partition coefficient (Wildman–Crippen LogP) is -0.111. The Morgan fingerprint density at radius 1 is 1.60 bits per heavy atom. The highest BCUT2D eigenvalue weighted by molar-refractivity contribution is 5.85. The van der Waals surface area contributed by atoms with Crippen molar-refractivity contribution >= 4 is 18.7 Å². The highest BCUT2D eigenvalue weighted by atomic mass is 35.5. The summed E-state index contributed by atoms with van der Waals surface area (Å²) >= 11 is 0. The van der Waals surface area contributed by atoms with E-state index in [1.807, 2.05) is 0 Å². The topological polar surface area (TPSA) is 52.3 Å². The first kappa shape index (κ1) is 9.62. The van der Waals surface area contributed by atoms with Crippen LogP contribution in [0.1, 0.15) is 0 Å². The lowest BCUT2D eigenvalue weighted by molar-refractivity contribution is -0.116. The first-order valence-corrected chi connectivity index (χ1v) is 2.83. The first-order valence-electron chi connectivity index (χ1n) is 2.83. The summed E-state index contributed by atoms with van der Waals surface area (Å²) < 4.78 is 4.96. The molecule has 0 fully saturated rings. The van der Waals surface area contributed by atoms with Crippen molar-refractivity contribution in [3.8, 4) is 0 Å². The zero-order chi connectivity index (χ0) is 6.69. The molecule has 1 aliphatic heterocycles. The third kappa shape index (κ3) is 2.47. The van der Waals surface area contributed by atoms with E-state index < -0.39 is 0 Å². The minimum absolute atomic E-state index is 0. The number of carbonyl (C=O) groups is 1. The van der Waals surface area contributed by atoms with Crippen LogP contribution in [0.15, 0.2) is 12.2 Å². The number of hydrogen-bond donors (Lipinski definition) is 1. The zero-order valence-corrected chi connectivity index (χ0v) is 6.21. The number of nitrogens with two attached hydrogens (primary N) is 1. The van der Waals surface area contributed by atoms with Crippen LogP contribution in [0.5, 0.6) is 0 Å². The molecule has 4 heteroatoms. The van der Waals surface area contributed by atoms with Gasteiger partial charge in [0.2, 0.25) is 0 Å². The van der Waals surface area contributed by atoms with Crippen molar-refractivity contribution in [3.63, 3.8) is 0 Å². The molecule has 1 rings (SSSR count). The smallest absolute Gasteiger partial charge is 0.152 e. The average molecular weight is 164 g/mol. The predicted molar refractivity (Wildman–Crippen MR) is 40.2 cm³/mol. The molecule has 3 nitrogen and oxygen atoms in total. The maximum atomic E-state index is 10.0. The van der Waals surface area contributed by atoms with Crippen molar-refractivity contribution in [1.29, 1.82) is 0 Å². The summed E-state index contributed by atoms with van der Waals surface area (Å²) in [4.78, 5) is 10.0. The van der Waals surface area contributed by atoms with Gasteiger partial charge in [0.25, 0.3) is 0 Å². The molecule has 0 bridgehead atoms. The lowest BCUT2D eigenvalue weighted by atomic mass is 10.2. The summed E-state index contributed by atoms with van der Waals surface area (Å²) in [5.41, 5.74) is 5.42. The van der Waals surface area contributed by atoms with Crippen LogP contribution in [0, 0.1) is 0 Å². The van der Waals surface area contributed by atoms with Crippen LogP contribution in [-0.2, 0) is 9.53 Å². The zero-order valence-electron chi connectivity index (χ0n) is 5.40. The molecule has 0 saturated carbocycles. The molecule has 0 aromatic carbocycles. The molecule has 0 aliphatic carbocycles. The Morgan fingerprint density at radius 2 is 2.30 bits per heavy atom. The Kier molecular flexibility index (Phi) is 4.27. The molecule has 0 saturated heterocycles. The van der Waals surface area contributed by atoms with Crippen LogP contribution in [0.3, 0.4) is 0 Å². The Morgan fingerprint density at radius 3 is 2.70 bits per heavy atom. The third-order valence-electron chi connectivity index (χ3n) is 1.16. The summed E-state index contributed by atoms with van der Waals surface area (Å²) in [6.07, 6.45) is 3.83. The highest BCUT2D eigenvalue weighted by Crippen LogP contribution is 2.00. The summed E-state index contributed by atoms with van der Waals surface area (Å²) in [6.45, 7) is 0.444. The van der Waals surface area contributed by atoms with Gasteiger partial charge in [-0.05, 0) is 0 Å². The Labute approximate surface area is 65.6 Å². The SMILES string of the molecule is Cl.N[C@@H]1C=C[C@@H](C=O)OC1. The molecule has 0 radical (unpaired) electrons. The van der Waals surface area contributed by atoms with Crippen molar-refractivity contribution in [1.82, 2.24) is 0 Å². The number of hydrogen-bond acceptors (Lipinski definition) is 3. The van der Waals surface area contributed by atoms with Gasteiger partial charge in [-0.2, -0.15) is 0 Å². The standard InChI is InChI=1S/C6H9NO2.ClH/c7-5-1-2-6(3-8)9-4-5;/h1-3,5-6H,4,7H2;1H/t5-,6+;/m1./s1. The Hall–Kier alpha value is -0.380.